The molecular weight excluding hydrogens is 212 g/mol. The standard InChI is InChI=1S/C9H10N4O3/c1-2-3-4-10-8(14)6-13-5-7(9(15)16)11-12-13/h5H,4,6H2,1H3,(H,10,14)(H,15,16). The maximum Gasteiger partial charge on any atom is 0.358 e. The number of carboxylic acids is 1. The first-order chi connectivity index (χ1) is 7.63. The largest absolute Gasteiger partial charge is 0.476 e. The Labute approximate surface area is 91.4 Å². The van der Waals surface area contributed by atoms with E-state index in [1.165, 1.54) is 6.20 Å². The molecule has 1 amide bonds. The van der Waals surface area contributed by atoms with Gasteiger partial charge in [-0.1, -0.05) is 11.1 Å². The van der Waals surface area contributed by atoms with Crippen LogP contribution in [0.2, 0.25) is 0 Å². The number of carboxylic acid groups (broad SMARTS) is 1. The number of amides is 1. The summed E-state index contributed by atoms with van der Waals surface area (Å²) < 4.78 is 1.15. The molecule has 0 saturated carbocycles. The third-order valence-electron chi connectivity index (χ3n) is 1.61. The minimum absolute atomic E-state index is 0.0777. The molecule has 0 aromatic carbocycles. The van der Waals surface area contributed by atoms with Crippen molar-refractivity contribution in [3.05, 3.63) is 11.9 Å². The number of nitrogens with one attached hydrogen (secondary N) is 1. The summed E-state index contributed by atoms with van der Waals surface area (Å²) in [6, 6.07) is 0. The van der Waals surface area contributed by atoms with E-state index in [1.54, 1.807) is 6.92 Å². The molecule has 7 heteroatoms. The zero-order valence-electron chi connectivity index (χ0n) is 8.60. The van der Waals surface area contributed by atoms with Crippen LogP contribution < -0.4 is 5.32 Å². The average molecular weight is 222 g/mol. The normalized spacial score (nSPS) is 9.06. The van der Waals surface area contributed by atoms with Crippen molar-refractivity contribution >= 4 is 11.9 Å². The average Bonchev–Trinajstić information content (AvgIpc) is 2.66. The van der Waals surface area contributed by atoms with Crippen molar-refractivity contribution in [3.63, 3.8) is 0 Å². The van der Waals surface area contributed by atoms with Gasteiger partial charge in [0.05, 0.1) is 12.7 Å². The van der Waals surface area contributed by atoms with Gasteiger partial charge in [0.1, 0.15) is 6.54 Å². The molecule has 1 rings (SSSR count). The lowest BCUT2D eigenvalue weighted by Crippen LogP contribution is -2.28. The first-order valence-electron chi connectivity index (χ1n) is 4.43. The van der Waals surface area contributed by atoms with E-state index in [2.05, 4.69) is 27.5 Å². The van der Waals surface area contributed by atoms with E-state index in [0.717, 1.165) is 4.68 Å². The molecule has 0 atom stereocenters. The van der Waals surface area contributed by atoms with Crippen molar-refractivity contribution < 1.29 is 14.7 Å². The zero-order valence-corrected chi connectivity index (χ0v) is 8.60. The molecule has 0 unspecified atom stereocenters. The first kappa shape index (κ1) is 11.7. The van der Waals surface area contributed by atoms with Gasteiger partial charge in [-0.25, -0.2) is 9.48 Å². The summed E-state index contributed by atoms with van der Waals surface area (Å²) in [5.74, 6) is 3.82. The Hall–Kier alpha value is -2.36. The molecule has 0 saturated heterocycles. The smallest absolute Gasteiger partial charge is 0.358 e. The summed E-state index contributed by atoms with van der Waals surface area (Å²) in [6.07, 6.45) is 1.19. The number of carbonyl (C=O) groups excluding carboxylic acids is 1. The number of aromatic carboxylic acids is 1. The predicted molar refractivity (Wildman–Crippen MR) is 53.4 cm³/mol. The molecule has 0 aliphatic carbocycles. The molecule has 84 valence electrons. The van der Waals surface area contributed by atoms with Crippen LogP contribution in [0.1, 0.15) is 17.4 Å². The van der Waals surface area contributed by atoms with E-state index >= 15 is 0 Å². The molecule has 0 spiro atoms. The third-order valence-corrected chi connectivity index (χ3v) is 1.61. The van der Waals surface area contributed by atoms with E-state index in [4.69, 9.17) is 5.11 Å². The van der Waals surface area contributed by atoms with Crippen LogP contribution in [0, 0.1) is 11.8 Å². The fraction of sp³-hybridized carbons (Fsp3) is 0.333. The van der Waals surface area contributed by atoms with Crippen LogP contribution >= 0.6 is 0 Å². The highest BCUT2D eigenvalue weighted by Crippen LogP contribution is 1.92. The van der Waals surface area contributed by atoms with Gasteiger partial charge in [-0.05, 0) is 6.92 Å². The Morgan fingerprint density at radius 2 is 2.38 bits per heavy atom. The zero-order chi connectivity index (χ0) is 12.0. The summed E-state index contributed by atoms with van der Waals surface area (Å²) in [6.45, 7) is 1.85. The van der Waals surface area contributed by atoms with Gasteiger partial charge < -0.3 is 10.4 Å². The molecule has 1 aromatic rings. The maximum absolute atomic E-state index is 11.3. The molecule has 0 bridgehead atoms. The maximum atomic E-state index is 11.3. The Balaban J connectivity index is 2.48. The van der Waals surface area contributed by atoms with Gasteiger partial charge in [-0.15, -0.1) is 11.0 Å². The first-order valence-corrected chi connectivity index (χ1v) is 4.43. The Morgan fingerprint density at radius 3 is 2.94 bits per heavy atom. The number of carbonyl (C=O) groups is 2. The van der Waals surface area contributed by atoms with Crippen molar-refractivity contribution in [1.29, 1.82) is 0 Å². The highest BCUT2D eigenvalue weighted by molar-refractivity contribution is 5.84. The van der Waals surface area contributed by atoms with Crippen molar-refractivity contribution in [3.8, 4) is 11.8 Å². The molecule has 0 fully saturated rings. The van der Waals surface area contributed by atoms with Gasteiger partial charge in [0, 0.05) is 0 Å². The molecule has 0 radical (unpaired) electrons. The molecule has 2 N–H and O–H groups in total. The van der Waals surface area contributed by atoms with Crippen LogP contribution in [0.15, 0.2) is 6.20 Å². The summed E-state index contributed by atoms with van der Waals surface area (Å²) in [5.41, 5.74) is -0.193. The van der Waals surface area contributed by atoms with Gasteiger partial charge in [-0.3, -0.25) is 4.79 Å². The monoisotopic (exact) mass is 222 g/mol. The number of hydrogen-bond donors (Lipinski definition) is 2. The fourth-order valence-electron chi connectivity index (χ4n) is 0.908. The SMILES string of the molecule is CC#CCNC(=O)Cn1cc(C(=O)O)nn1. The Kier molecular flexibility index (Phi) is 4.03. The quantitative estimate of drug-likeness (QED) is 0.644. The minimum atomic E-state index is -1.18. The predicted octanol–water partition coefficient (Wildman–Crippen LogP) is -0.884. The van der Waals surface area contributed by atoms with E-state index in [9.17, 15) is 9.59 Å². The number of nitrogens with zero attached hydrogens (tertiary/aromatic N) is 3. The van der Waals surface area contributed by atoms with Crippen LogP contribution in [0.4, 0.5) is 0 Å². The molecule has 0 aliphatic heterocycles. The Bertz CT molecular complexity index is 455. The van der Waals surface area contributed by atoms with Gasteiger partial charge in [0.15, 0.2) is 5.69 Å². The number of hydrogen-bond acceptors (Lipinski definition) is 4. The highest BCUT2D eigenvalue weighted by Gasteiger charge is 2.09. The van der Waals surface area contributed by atoms with Gasteiger partial charge in [0.25, 0.3) is 0 Å². The topological polar surface area (TPSA) is 97.1 Å². The molecule has 1 aromatic heterocycles. The second kappa shape index (κ2) is 5.50. The van der Waals surface area contributed by atoms with Crippen molar-refractivity contribution in [2.45, 2.75) is 13.5 Å². The lowest BCUT2D eigenvalue weighted by molar-refractivity contribution is -0.121. The summed E-state index contributed by atoms with van der Waals surface area (Å²) in [4.78, 5) is 21.7. The lowest BCUT2D eigenvalue weighted by Gasteiger charge is -1.99. The van der Waals surface area contributed by atoms with E-state index in [1.807, 2.05) is 0 Å². The van der Waals surface area contributed by atoms with Crippen LogP contribution in [-0.2, 0) is 11.3 Å². The van der Waals surface area contributed by atoms with E-state index < -0.39 is 5.97 Å². The molecule has 1 heterocycles. The number of aromatic nitrogens is 3. The molecule has 7 nitrogen and oxygen atoms in total. The van der Waals surface area contributed by atoms with Gasteiger partial charge in [-0.2, -0.15) is 0 Å². The lowest BCUT2D eigenvalue weighted by atomic mass is 10.5. The van der Waals surface area contributed by atoms with Gasteiger partial charge >= 0.3 is 5.97 Å². The summed E-state index contributed by atoms with van der Waals surface area (Å²) >= 11 is 0. The van der Waals surface area contributed by atoms with Crippen LogP contribution in [-0.4, -0.2) is 38.5 Å². The van der Waals surface area contributed by atoms with Crippen molar-refractivity contribution in [2.75, 3.05) is 6.54 Å². The van der Waals surface area contributed by atoms with Crippen LogP contribution in [0.3, 0.4) is 0 Å². The van der Waals surface area contributed by atoms with Crippen molar-refractivity contribution in [2.24, 2.45) is 0 Å². The van der Waals surface area contributed by atoms with Gasteiger partial charge in [0.2, 0.25) is 5.91 Å². The van der Waals surface area contributed by atoms with Crippen molar-refractivity contribution in [1.82, 2.24) is 20.3 Å². The minimum Gasteiger partial charge on any atom is -0.476 e. The van der Waals surface area contributed by atoms with E-state index in [-0.39, 0.29) is 24.7 Å². The van der Waals surface area contributed by atoms with E-state index in [0.29, 0.717) is 0 Å². The molecule has 16 heavy (non-hydrogen) atoms. The summed E-state index contributed by atoms with van der Waals surface area (Å²) in [7, 11) is 0. The second-order valence-corrected chi connectivity index (χ2v) is 2.81. The Morgan fingerprint density at radius 1 is 1.62 bits per heavy atom. The second-order valence-electron chi connectivity index (χ2n) is 2.81. The van der Waals surface area contributed by atoms with Crippen LogP contribution in [0.25, 0.3) is 0 Å². The van der Waals surface area contributed by atoms with Crippen LogP contribution in [0.5, 0.6) is 0 Å². The summed E-state index contributed by atoms with van der Waals surface area (Å²) in [5, 5.41) is 18.0. The fourth-order valence-corrected chi connectivity index (χ4v) is 0.908. The molecular formula is C9H10N4O3. The molecule has 0 aliphatic rings. The highest BCUT2D eigenvalue weighted by atomic mass is 16.4. The number of rotatable bonds is 4. The third kappa shape index (κ3) is 3.42.